The third-order valence-corrected chi connectivity index (χ3v) is 3.78. The number of hydrogen-bond donors (Lipinski definition) is 1. The van der Waals surface area contributed by atoms with Gasteiger partial charge in [0, 0.05) is 17.5 Å². The van der Waals surface area contributed by atoms with Crippen LogP contribution in [0.2, 0.25) is 0 Å². The molecule has 1 unspecified atom stereocenters. The maximum atomic E-state index is 14.6. The van der Waals surface area contributed by atoms with Gasteiger partial charge >= 0.3 is 5.97 Å². The van der Waals surface area contributed by atoms with E-state index in [1.807, 2.05) is 0 Å². The molecular weight excluding hydrogens is 267 g/mol. The van der Waals surface area contributed by atoms with Crippen LogP contribution in [0, 0.1) is 11.7 Å². The van der Waals surface area contributed by atoms with Crippen LogP contribution in [0.25, 0.3) is 0 Å². The van der Waals surface area contributed by atoms with Crippen LogP contribution in [0.1, 0.15) is 30.7 Å². The van der Waals surface area contributed by atoms with Crippen molar-refractivity contribution in [1.82, 2.24) is 0 Å². The van der Waals surface area contributed by atoms with Crippen molar-refractivity contribution in [2.75, 3.05) is 13.9 Å². The van der Waals surface area contributed by atoms with Crippen molar-refractivity contribution < 1.29 is 28.5 Å². The maximum absolute atomic E-state index is 14.6. The summed E-state index contributed by atoms with van der Waals surface area (Å²) in [5.41, 5.74) is 0.279. The second-order valence-electron chi connectivity index (χ2n) is 5.08. The number of carboxylic acid groups (broad SMARTS) is 1. The molecule has 0 amide bonds. The number of fused-ring (bicyclic) bond motifs is 1. The average molecular weight is 282 g/mol. The van der Waals surface area contributed by atoms with Gasteiger partial charge < -0.3 is 19.3 Å². The third-order valence-electron chi connectivity index (χ3n) is 3.78. The van der Waals surface area contributed by atoms with Crippen LogP contribution in [-0.4, -0.2) is 25.0 Å². The molecule has 1 N–H and O–H groups in total. The minimum atomic E-state index is -0.947. The first-order chi connectivity index (χ1) is 9.61. The first-order valence-corrected chi connectivity index (χ1v) is 6.49. The largest absolute Gasteiger partial charge is 0.494 e. The smallest absolute Gasteiger partial charge is 0.303 e. The number of aliphatic carboxylic acids is 1. The maximum Gasteiger partial charge on any atom is 0.303 e. The highest BCUT2D eigenvalue weighted by Gasteiger charge is 2.40. The number of ether oxygens (including phenoxy) is 3. The zero-order valence-corrected chi connectivity index (χ0v) is 11.0. The summed E-state index contributed by atoms with van der Waals surface area (Å²) in [5, 5.41) is 9.06. The molecular formula is C14H15FO5. The topological polar surface area (TPSA) is 65.0 Å². The van der Waals surface area contributed by atoms with Crippen molar-refractivity contribution in [2.24, 2.45) is 5.92 Å². The summed E-state index contributed by atoms with van der Waals surface area (Å²) in [4.78, 5) is 11.1. The van der Waals surface area contributed by atoms with Crippen molar-refractivity contribution >= 4 is 5.97 Å². The lowest BCUT2D eigenvalue weighted by Crippen LogP contribution is -2.12. The molecule has 1 aromatic carbocycles. The van der Waals surface area contributed by atoms with Crippen molar-refractivity contribution in [1.29, 1.82) is 0 Å². The molecule has 0 spiro atoms. The fourth-order valence-corrected chi connectivity index (χ4v) is 2.69. The monoisotopic (exact) mass is 282 g/mol. The Hall–Kier alpha value is -1.98. The fraction of sp³-hybridized carbons (Fsp3) is 0.500. The number of rotatable bonds is 5. The minimum Gasteiger partial charge on any atom is -0.494 e. The summed E-state index contributed by atoms with van der Waals surface area (Å²) in [6, 6.07) is 1.44. The molecule has 0 aromatic heterocycles. The van der Waals surface area contributed by atoms with Gasteiger partial charge in [-0.1, -0.05) is 0 Å². The first-order valence-electron chi connectivity index (χ1n) is 6.49. The van der Waals surface area contributed by atoms with E-state index in [0.29, 0.717) is 11.5 Å². The Morgan fingerprint density at radius 3 is 2.90 bits per heavy atom. The summed E-state index contributed by atoms with van der Waals surface area (Å²) >= 11 is 0. The van der Waals surface area contributed by atoms with Gasteiger partial charge in [-0.15, -0.1) is 0 Å². The standard InChI is InChI=1S/C14H15FO5/c1-18-9-5-10-14(20-6-19-10)12(13(9)15)8(4-11(16)17)7-2-3-7/h5,7-8H,2-4,6H2,1H3,(H,16,17). The zero-order chi connectivity index (χ0) is 14.3. The number of carbonyl (C=O) groups is 1. The number of carboxylic acids is 1. The molecule has 1 aliphatic carbocycles. The van der Waals surface area contributed by atoms with Gasteiger partial charge in [0.05, 0.1) is 13.5 Å². The van der Waals surface area contributed by atoms with Crippen LogP contribution in [0.5, 0.6) is 17.2 Å². The van der Waals surface area contributed by atoms with Crippen molar-refractivity contribution in [3.63, 3.8) is 0 Å². The van der Waals surface area contributed by atoms with E-state index in [-0.39, 0.29) is 30.4 Å². The Morgan fingerprint density at radius 2 is 2.30 bits per heavy atom. The van der Waals surface area contributed by atoms with Gasteiger partial charge in [0.15, 0.2) is 23.1 Å². The van der Waals surface area contributed by atoms with Gasteiger partial charge in [0.1, 0.15) is 0 Å². The fourth-order valence-electron chi connectivity index (χ4n) is 2.69. The van der Waals surface area contributed by atoms with Crippen LogP contribution in [0.15, 0.2) is 6.07 Å². The Labute approximate surface area is 115 Å². The van der Waals surface area contributed by atoms with Gasteiger partial charge in [-0.05, 0) is 18.8 Å². The normalized spacial score (nSPS) is 17.9. The molecule has 20 heavy (non-hydrogen) atoms. The lowest BCUT2D eigenvalue weighted by atomic mass is 9.89. The SMILES string of the molecule is COc1cc2c(c(C(CC(=O)O)C3CC3)c1F)OCO2. The molecule has 1 atom stereocenters. The van der Waals surface area contributed by atoms with Gasteiger partial charge in [0.2, 0.25) is 6.79 Å². The first kappa shape index (κ1) is 13.0. The lowest BCUT2D eigenvalue weighted by Gasteiger charge is -2.19. The van der Waals surface area contributed by atoms with E-state index in [4.69, 9.17) is 19.3 Å². The lowest BCUT2D eigenvalue weighted by molar-refractivity contribution is -0.137. The zero-order valence-electron chi connectivity index (χ0n) is 11.0. The Kier molecular flexibility index (Phi) is 3.16. The van der Waals surface area contributed by atoms with Crippen LogP contribution in [0.4, 0.5) is 4.39 Å². The molecule has 0 saturated heterocycles. The van der Waals surface area contributed by atoms with Crippen LogP contribution >= 0.6 is 0 Å². The summed E-state index contributed by atoms with van der Waals surface area (Å²) in [7, 11) is 1.37. The van der Waals surface area contributed by atoms with E-state index in [9.17, 15) is 9.18 Å². The molecule has 1 saturated carbocycles. The van der Waals surface area contributed by atoms with Crippen molar-refractivity contribution in [2.45, 2.75) is 25.2 Å². The Balaban J connectivity index is 2.10. The number of halogens is 1. The second-order valence-corrected chi connectivity index (χ2v) is 5.08. The molecule has 0 bridgehead atoms. The molecule has 1 aromatic rings. The molecule has 1 aliphatic heterocycles. The molecule has 1 heterocycles. The average Bonchev–Trinajstić information content (AvgIpc) is 3.15. The number of benzene rings is 1. The van der Waals surface area contributed by atoms with Crippen LogP contribution in [0.3, 0.4) is 0 Å². The highest BCUT2D eigenvalue weighted by molar-refractivity contribution is 5.69. The van der Waals surface area contributed by atoms with Gasteiger partial charge in [-0.2, -0.15) is 0 Å². The van der Waals surface area contributed by atoms with E-state index in [2.05, 4.69) is 0 Å². The van der Waals surface area contributed by atoms with E-state index in [0.717, 1.165) is 12.8 Å². The minimum absolute atomic E-state index is 0.0133. The molecule has 3 rings (SSSR count). The molecule has 2 aliphatic rings. The summed E-state index contributed by atoms with van der Waals surface area (Å²) in [6.45, 7) is 0.0133. The summed E-state index contributed by atoms with van der Waals surface area (Å²) in [6.07, 6.45) is 1.69. The summed E-state index contributed by atoms with van der Waals surface area (Å²) < 4.78 is 30.2. The molecule has 108 valence electrons. The van der Waals surface area contributed by atoms with Gasteiger partial charge in [-0.3, -0.25) is 4.79 Å². The van der Waals surface area contributed by atoms with Crippen molar-refractivity contribution in [3.05, 3.63) is 17.4 Å². The molecule has 1 fully saturated rings. The Bertz CT molecular complexity index is 552. The molecule has 5 nitrogen and oxygen atoms in total. The second kappa shape index (κ2) is 4.85. The summed E-state index contributed by atoms with van der Waals surface area (Å²) in [5.74, 6) is -0.929. The van der Waals surface area contributed by atoms with Crippen LogP contribution < -0.4 is 14.2 Å². The molecule has 0 radical (unpaired) electrons. The Morgan fingerprint density at radius 1 is 1.55 bits per heavy atom. The van der Waals surface area contributed by atoms with E-state index >= 15 is 0 Å². The quantitative estimate of drug-likeness (QED) is 0.899. The third kappa shape index (κ3) is 2.15. The predicted octanol–water partition coefficient (Wildman–Crippen LogP) is 2.53. The van der Waals surface area contributed by atoms with Crippen molar-refractivity contribution in [3.8, 4) is 17.2 Å². The highest BCUT2D eigenvalue weighted by atomic mass is 19.1. The van der Waals surface area contributed by atoms with E-state index in [1.165, 1.54) is 13.2 Å². The highest BCUT2D eigenvalue weighted by Crippen LogP contribution is 2.52. The van der Waals surface area contributed by atoms with E-state index in [1.54, 1.807) is 0 Å². The molecule has 6 heteroatoms. The number of hydrogen-bond acceptors (Lipinski definition) is 4. The van der Waals surface area contributed by atoms with Crippen LogP contribution in [-0.2, 0) is 4.79 Å². The van der Waals surface area contributed by atoms with Gasteiger partial charge in [0.25, 0.3) is 0 Å². The predicted molar refractivity (Wildman–Crippen MR) is 66.8 cm³/mol. The van der Waals surface area contributed by atoms with Gasteiger partial charge in [-0.25, -0.2) is 4.39 Å². The van der Waals surface area contributed by atoms with E-state index < -0.39 is 17.7 Å². The number of methoxy groups -OCH3 is 1.